The molecule has 0 aromatic heterocycles. The first-order valence-electron chi connectivity index (χ1n) is 12.9. The van der Waals surface area contributed by atoms with Gasteiger partial charge >= 0.3 is 0 Å². The molecular weight excluding hydrogens is 515 g/mol. The van der Waals surface area contributed by atoms with Crippen LogP contribution in [-0.4, -0.2) is 7.11 Å². The highest BCUT2D eigenvalue weighted by Gasteiger charge is 2.12. The largest absolute Gasteiger partial charge is 0.497 e. The van der Waals surface area contributed by atoms with Gasteiger partial charge in [0.05, 0.1) is 28.7 Å². The van der Waals surface area contributed by atoms with Crippen molar-refractivity contribution in [2.45, 2.75) is 53.6 Å². The van der Waals surface area contributed by atoms with Crippen LogP contribution in [0.3, 0.4) is 0 Å². The Morgan fingerprint density at radius 1 is 0.868 bits per heavy atom. The summed E-state index contributed by atoms with van der Waals surface area (Å²) in [4.78, 5) is 0. The van der Waals surface area contributed by atoms with E-state index in [4.69, 9.17) is 39.4 Å². The Kier molecular flexibility index (Phi) is 16.3. The summed E-state index contributed by atoms with van der Waals surface area (Å²) in [5, 5.41) is 7.30. The van der Waals surface area contributed by atoms with Crippen molar-refractivity contribution in [1.82, 2.24) is 10.6 Å². The fraction of sp³-hybridized carbons (Fsp3) is 0.290. The van der Waals surface area contributed by atoms with Crippen LogP contribution in [0.4, 0.5) is 0 Å². The number of hydrogen-bond donors (Lipinski definition) is 4. The van der Waals surface area contributed by atoms with Crippen molar-refractivity contribution in [2.24, 2.45) is 11.5 Å². The molecule has 206 valence electrons. The molecule has 0 bridgehead atoms. The third kappa shape index (κ3) is 11.8. The van der Waals surface area contributed by atoms with Crippen molar-refractivity contribution in [1.29, 1.82) is 0 Å². The first kappa shape index (κ1) is 32.7. The SMILES string of the molecule is CC.CCC/C=C(/N)NCc1ccccc1.COc1cc(Cl)c(Cl)c(/C(N)=C(/C)NCc2ccccc2)c1. The van der Waals surface area contributed by atoms with Crippen LogP contribution in [-0.2, 0) is 13.1 Å². The average Bonchev–Trinajstić information content (AvgIpc) is 2.97. The normalized spacial score (nSPS) is 11.2. The molecule has 0 saturated heterocycles. The summed E-state index contributed by atoms with van der Waals surface area (Å²) in [6, 6.07) is 23.8. The molecule has 3 aromatic rings. The lowest BCUT2D eigenvalue weighted by Crippen LogP contribution is -2.19. The Balaban J connectivity index is 0.000000389. The van der Waals surface area contributed by atoms with Crippen molar-refractivity contribution < 1.29 is 4.74 Å². The van der Waals surface area contributed by atoms with Gasteiger partial charge in [-0.1, -0.05) is 111 Å². The molecule has 3 aromatic carbocycles. The Bertz CT molecular complexity index is 1130. The molecule has 0 unspecified atom stereocenters. The van der Waals surface area contributed by atoms with Crippen LogP contribution >= 0.6 is 23.2 Å². The number of hydrogen-bond acceptors (Lipinski definition) is 5. The molecule has 0 aliphatic carbocycles. The average molecular weight is 558 g/mol. The van der Waals surface area contributed by atoms with Crippen LogP contribution in [0.15, 0.2) is 90.4 Å². The van der Waals surface area contributed by atoms with Crippen molar-refractivity contribution in [3.63, 3.8) is 0 Å². The maximum Gasteiger partial charge on any atom is 0.121 e. The molecule has 0 aliphatic rings. The van der Waals surface area contributed by atoms with Crippen LogP contribution in [0.5, 0.6) is 5.75 Å². The van der Waals surface area contributed by atoms with Gasteiger partial charge in [0.2, 0.25) is 0 Å². The molecule has 3 rings (SSSR count). The van der Waals surface area contributed by atoms with Crippen molar-refractivity contribution >= 4 is 28.9 Å². The second kappa shape index (κ2) is 18.9. The molecule has 0 saturated carbocycles. The molecule has 6 N–H and O–H groups in total. The summed E-state index contributed by atoms with van der Waals surface area (Å²) in [6.07, 6.45) is 4.20. The number of allylic oxidation sites excluding steroid dienone is 2. The smallest absolute Gasteiger partial charge is 0.121 e. The van der Waals surface area contributed by atoms with E-state index in [0.717, 1.165) is 30.9 Å². The predicted octanol–water partition coefficient (Wildman–Crippen LogP) is 7.84. The number of nitrogens with two attached hydrogens (primary N) is 2. The number of nitrogens with one attached hydrogen (secondary N) is 2. The van der Waals surface area contributed by atoms with E-state index in [1.54, 1.807) is 19.2 Å². The lowest BCUT2D eigenvalue weighted by molar-refractivity contribution is 0.414. The van der Waals surface area contributed by atoms with Gasteiger partial charge in [-0.05, 0) is 36.6 Å². The molecule has 5 nitrogen and oxygen atoms in total. The van der Waals surface area contributed by atoms with Crippen molar-refractivity contribution in [2.75, 3.05) is 7.11 Å². The summed E-state index contributed by atoms with van der Waals surface area (Å²) in [6.45, 7) is 9.53. The fourth-order valence-corrected chi connectivity index (χ4v) is 3.60. The Hall–Kier alpha value is -3.28. The van der Waals surface area contributed by atoms with Crippen LogP contribution < -0.4 is 26.8 Å². The van der Waals surface area contributed by atoms with E-state index >= 15 is 0 Å². The quantitative estimate of drug-likeness (QED) is 0.204. The number of ether oxygens (including phenoxy) is 1. The zero-order valence-corrected chi connectivity index (χ0v) is 24.7. The minimum absolute atomic E-state index is 0.412. The van der Waals surface area contributed by atoms with Crippen LogP contribution in [0, 0.1) is 0 Å². The summed E-state index contributed by atoms with van der Waals surface area (Å²) in [5.74, 6) is 1.39. The van der Waals surface area contributed by atoms with E-state index in [9.17, 15) is 0 Å². The van der Waals surface area contributed by atoms with Gasteiger partial charge in [0, 0.05) is 30.4 Å². The lowest BCUT2D eigenvalue weighted by Gasteiger charge is -2.14. The molecule has 0 fully saturated rings. The number of benzene rings is 3. The van der Waals surface area contributed by atoms with E-state index < -0.39 is 0 Å². The highest BCUT2D eigenvalue weighted by molar-refractivity contribution is 6.43. The topological polar surface area (TPSA) is 85.3 Å². The predicted molar refractivity (Wildman–Crippen MR) is 165 cm³/mol. The molecule has 7 heteroatoms. The first-order chi connectivity index (χ1) is 18.3. The molecular formula is C31H42Cl2N4O. The third-order valence-corrected chi connectivity index (χ3v) is 6.13. The Morgan fingerprint density at radius 2 is 1.39 bits per heavy atom. The zero-order valence-electron chi connectivity index (χ0n) is 23.2. The number of rotatable bonds is 10. The van der Waals surface area contributed by atoms with E-state index in [2.05, 4.69) is 29.7 Å². The molecule has 0 spiro atoms. The van der Waals surface area contributed by atoms with Gasteiger partial charge in [-0.3, -0.25) is 0 Å². The molecule has 0 atom stereocenters. The number of halogens is 2. The fourth-order valence-electron chi connectivity index (χ4n) is 3.18. The van der Waals surface area contributed by atoms with Crippen molar-refractivity contribution in [3.05, 3.63) is 117 Å². The van der Waals surface area contributed by atoms with E-state index in [1.165, 1.54) is 11.1 Å². The molecule has 0 aliphatic heterocycles. The second-order valence-corrected chi connectivity index (χ2v) is 8.92. The maximum atomic E-state index is 6.25. The molecule has 0 radical (unpaired) electrons. The van der Waals surface area contributed by atoms with Crippen molar-refractivity contribution in [3.8, 4) is 5.75 Å². The van der Waals surface area contributed by atoms with Crippen LogP contribution in [0.2, 0.25) is 10.0 Å². The van der Waals surface area contributed by atoms with Gasteiger partial charge in [-0.2, -0.15) is 0 Å². The second-order valence-electron chi connectivity index (χ2n) is 8.14. The Morgan fingerprint density at radius 3 is 1.89 bits per heavy atom. The van der Waals surface area contributed by atoms with Crippen LogP contribution in [0.25, 0.3) is 5.70 Å². The molecule has 0 heterocycles. The highest BCUT2D eigenvalue weighted by atomic mass is 35.5. The lowest BCUT2D eigenvalue weighted by atomic mass is 10.1. The summed E-state index contributed by atoms with van der Waals surface area (Å²) < 4.78 is 5.21. The zero-order chi connectivity index (χ0) is 28.3. The van der Waals surface area contributed by atoms with Gasteiger partial charge in [0.1, 0.15) is 5.75 Å². The Labute approximate surface area is 238 Å². The van der Waals surface area contributed by atoms with Crippen LogP contribution in [0.1, 0.15) is 57.2 Å². The highest BCUT2D eigenvalue weighted by Crippen LogP contribution is 2.34. The number of methoxy groups -OCH3 is 1. The standard InChI is InChI=1S/C17H18Cl2N2O.C12H18N2.C2H6/c1-11(21-10-12-6-4-3-5-7-12)17(20)14-8-13(22-2)9-15(18)16(14)19;1-2-3-9-12(13)14-10-11-7-5-4-6-8-11;1-2/h3-9,21H,10,20H2,1-2H3;4-9,14H,2-3,10,13H2,1H3;1-2H3/b17-11+;12-9-;. The van der Waals surface area contributed by atoms with E-state index in [0.29, 0.717) is 33.6 Å². The monoisotopic (exact) mass is 556 g/mol. The number of unbranched alkanes of at least 4 members (excludes halogenated alkanes) is 1. The minimum Gasteiger partial charge on any atom is -0.497 e. The maximum absolute atomic E-state index is 6.25. The van der Waals surface area contributed by atoms with Gasteiger partial charge in [-0.15, -0.1) is 0 Å². The van der Waals surface area contributed by atoms with Gasteiger partial charge < -0.3 is 26.8 Å². The molecule has 38 heavy (non-hydrogen) atoms. The van der Waals surface area contributed by atoms with E-state index in [-0.39, 0.29) is 0 Å². The van der Waals surface area contributed by atoms with Gasteiger partial charge in [0.25, 0.3) is 0 Å². The summed E-state index contributed by atoms with van der Waals surface area (Å²) in [5.41, 5.74) is 16.4. The third-order valence-electron chi connectivity index (χ3n) is 5.32. The summed E-state index contributed by atoms with van der Waals surface area (Å²) in [7, 11) is 1.57. The minimum atomic E-state index is 0.412. The first-order valence-corrected chi connectivity index (χ1v) is 13.6. The van der Waals surface area contributed by atoms with E-state index in [1.807, 2.05) is 75.4 Å². The molecule has 0 amide bonds. The van der Waals surface area contributed by atoms with Gasteiger partial charge in [0.15, 0.2) is 0 Å². The van der Waals surface area contributed by atoms with Gasteiger partial charge in [-0.25, -0.2) is 0 Å². The summed E-state index contributed by atoms with van der Waals surface area (Å²) >= 11 is 12.4.